The van der Waals surface area contributed by atoms with Crippen LogP contribution in [0.4, 0.5) is 0 Å². The molecule has 0 spiro atoms. The summed E-state index contributed by atoms with van der Waals surface area (Å²) in [6.07, 6.45) is 0. The number of nitrogens with two attached hydrogens (primary N) is 1. The van der Waals surface area contributed by atoms with Crippen LogP contribution in [-0.2, 0) is 4.74 Å². The lowest BCUT2D eigenvalue weighted by Gasteiger charge is -2.12. The summed E-state index contributed by atoms with van der Waals surface area (Å²) < 4.78 is 4.87. The maximum atomic E-state index is 12.1. The number of fused-ring (bicyclic) bond motifs is 1. The molecule has 0 aromatic heterocycles. The molecule has 0 amide bonds. The van der Waals surface area contributed by atoms with E-state index in [1.54, 1.807) is 6.07 Å². The van der Waals surface area contributed by atoms with Crippen LogP contribution in [0.2, 0.25) is 0 Å². The van der Waals surface area contributed by atoms with Gasteiger partial charge in [-0.25, -0.2) is 4.79 Å². The normalized spacial score (nSPS) is 10.2. The summed E-state index contributed by atoms with van der Waals surface area (Å²) >= 11 is 1.41. The zero-order valence-corrected chi connectivity index (χ0v) is 11.9. The van der Waals surface area contributed by atoms with E-state index in [2.05, 4.69) is 6.07 Å². The summed E-state index contributed by atoms with van der Waals surface area (Å²) in [5.74, 6) is 0.203. The molecule has 0 heterocycles. The van der Waals surface area contributed by atoms with Crippen LogP contribution >= 0.6 is 11.8 Å². The zero-order valence-electron chi connectivity index (χ0n) is 11.1. The fourth-order valence-corrected chi connectivity index (χ4v) is 2.95. The SMILES string of the molecule is COC(=O)c1c(SCCN)c(C#N)cc2ccccc12. The second-order valence-corrected chi connectivity index (χ2v) is 5.20. The summed E-state index contributed by atoms with van der Waals surface area (Å²) in [7, 11) is 1.34. The third kappa shape index (κ3) is 2.62. The van der Waals surface area contributed by atoms with Crippen LogP contribution < -0.4 is 5.73 Å². The highest BCUT2D eigenvalue weighted by Crippen LogP contribution is 2.33. The van der Waals surface area contributed by atoms with Crippen LogP contribution in [0.5, 0.6) is 0 Å². The Balaban J connectivity index is 2.77. The van der Waals surface area contributed by atoms with Gasteiger partial charge in [0, 0.05) is 17.2 Å². The molecule has 0 atom stereocenters. The number of carbonyl (C=O) groups excluding carboxylic acids is 1. The zero-order chi connectivity index (χ0) is 14.5. The Morgan fingerprint density at radius 2 is 2.20 bits per heavy atom. The molecule has 4 nitrogen and oxygen atoms in total. The second-order valence-electron chi connectivity index (χ2n) is 4.09. The third-order valence-electron chi connectivity index (χ3n) is 2.88. The van der Waals surface area contributed by atoms with Gasteiger partial charge in [0.15, 0.2) is 0 Å². The van der Waals surface area contributed by atoms with Crippen LogP contribution in [-0.4, -0.2) is 25.4 Å². The number of benzene rings is 2. The van der Waals surface area contributed by atoms with E-state index in [1.807, 2.05) is 24.3 Å². The Labute approximate surface area is 121 Å². The van der Waals surface area contributed by atoms with E-state index in [4.69, 9.17) is 10.5 Å². The van der Waals surface area contributed by atoms with Crippen molar-refractivity contribution in [3.05, 3.63) is 41.5 Å². The van der Waals surface area contributed by atoms with Crippen molar-refractivity contribution in [3.8, 4) is 6.07 Å². The van der Waals surface area contributed by atoms with Crippen LogP contribution in [0, 0.1) is 11.3 Å². The van der Waals surface area contributed by atoms with Gasteiger partial charge in [-0.3, -0.25) is 0 Å². The van der Waals surface area contributed by atoms with Crippen molar-refractivity contribution in [1.82, 2.24) is 0 Å². The molecule has 2 aromatic carbocycles. The molecule has 0 unspecified atom stereocenters. The van der Waals surface area contributed by atoms with Gasteiger partial charge in [0.1, 0.15) is 6.07 Å². The number of nitrogens with zero attached hydrogens (tertiary/aromatic N) is 1. The molecule has 0 saturated carbocycles. The molecule has 0 bridgehead atoms. The smallest absolute Gasteiger partial charge is 0.339 e. The Bertz CT molecular complexity index is 692. The lowest BCUT2D eigenvalue weighted by molar-refractivity contribution is 0.0599. The molecule has 0 saturated heterocycles. The molecule has 102 valence electrons. The minimum atomic E-state index is -0.433. The van der Waals surface area contributed by atoms with Crippen LogP contribution in [0.1, 0.15) is 15.9 Å². The fourth-order valence-electron chi connectivity index (χ4n) is 2.03. The highest BCUT2D eigenvalue weighted by Gasteiger charge is 2.20. The number of hydrogen-bond donors (Lipinski definition) is 1. The molecule has 2 N–H and O–H groups in total. The van der Waals surface area contributed by atoms with Crippen molar-refractivity contribution >= 4 is 28.5 Å². The Hall–Kier alpha value is -2.03. The Morgan fingerprint density at radius 3 is 2.85 bits per heavy atom. The number of carbonyl (C=O) groups is 1. The van der Waals surface area contributed by atoms with Gasteiger partial charge in [0.05, 0.1) is 18.2 Å². The topological polar surface area (TPSA) is 76.1 Å². The summed E-state index contributed by atoms with van der Waals surface area (Å²) in [4.78, 5) is 12.7. The fraction of sp³-hybridized carbons (Fsp3) is 0.200. The van der Waals surface area contributed by atoms with Gasteiger partial charge >= 0.3 is 5.97 Å². The van der Waals surface area contributed by atoms with E-state index < -0.39 is 5.97 Å². The average molecular weight is 286 g/mol. The van der Waals surface area contributed by atoms with Crippen LogP contribution in [0.25, 0.3) is 10.8 Å². The molecule has 20 heavy (non-hydrogen) atoms. The van der Waals surface area contributed by atoms with Crippen molar-refractivity contribution < 1.29 is 9.53 Å². The number of hydrogen-bond acceptors (Lipinski definition) is 5. The number of rotatable bonds is 4. The van der Waals surface area contributed by atoms with Crippen molar-refractivity contribution in [2.75, 3.05) is 19.4 Å². The highest BCUT2D eigenvalue weighted by molar-refractivity contribution is 7.99. The monoisotopic (exact) mass is 286 g/mol. The van der Waals surface area contributed by atoms with Gasteiger partial charge in [-0.05, 0) is 16.8 Å². The average Bonchev–Trinajstić information content (AvgIpc) is 2.50. The second kappa shape index (κ2) is 6.42. The molecule has 2 aromatic rings. The Kier molecular flexibility index (Phi) is 4.61. The first kappa shape index (κ1) is 14.4. The van der Waals surface area contributed by atoms with Gasteiger partial charge in [0.25, 0.3) is 0 Å². The van der Waals surface area contributed by atoms with E-state index in [0.717, 1.165) is 10.8 Å². The van der Waals surface area contributed by atoms with Crippen molar-refractivity contribution in [3.63, 3.8) is 0 Å². The largest absolute Gasteiger partial charge is 0.465 e. The van der Waals surface area contributed by atoms with Crippen molar-refractivity contribution in [1.29, 1.82) is 5.26 Å². The number of esters is 1. The molecule has 0 aliphatic rings. The molecule has 0 fully saturated rings. The van der Waals surface area contributed by atoms with E-state index in [-0.39, 0.29) is 0 Å². The maximum absolute atomic E-state index is 12.1. The Morgan fingerprint density at radius 1 is 1.45 bits per heavy atom. The number of nitriles is 1. The first-order valence-electron chi connectivity index (χ1n) is 6.10. The standard InChI is InChI=1S/C15H14N2O2S/c1-19-15(18)13-12-5-3-2-4-10(12)8-11(9-17)14(13)20-7-6-16/h2-5,8H,6-7,16H2,1H3. The third-order valence-corrected chi connectivity index (χ3v) is 4.03. The molecule has 2 rings (SSSR count). The van der Waals surface area contributed by atoms with Gasteiger partial charge < -0.3 is 10.5 Å². The first-order valence-corrected chi connectivity index (χ1v) is 7.08. The van der Waals surface area contributed by atoms with E-state index >= 15 is 0 Å². The summed E-state index contributed by atoms with van der Waals surface area (Å²) in [5.41, 5.74) is 6.44. The first-order chi connectivity index (χ1) is 9.72. The number of thioether (sulfide) groups is 1. The summed E-state index contributed by atoms with van der Waals surface area (Å²) in [5, 5.41) is 10.9. The molecular weight excluding hydrogens is 272 g/mol. The number of ether oxygens (including phenoxy) is 1. The minimum absolute atomic E-state index is 0.433. The predicted octanol–water partition coefficient (Wildman–Crippen LogP) is 2.55. The lowest BCUT2D eigenvalue weighted by Crippen LogP contribution is -2.08. The van der Waals surface area contributed by atoms with E-state index in [0.29, 0.717) is 28.3 Å². The number of methoxy groups -OCH3 is 1. The quantitative estimate of drug-likeness (QED) is 0.690. The van der Waals surface area contributed by atoms with Gasteiger partial charge in [-0.2, -0.15) is 5.26 Å². The molecule has 0 aliphatic carbocycles. The molecule has 0 aliphatic heterocycles. The highest BCUT2D eigenvalue weighted by atomic mass is 32.2. The van der Waals surface area contributed by atoms with Crippen LogP contribution in [0.3, 0.4) is 0 Å². The van der Waals surface area contributed by atoms with E-state index in [1.165, 1.54) is 18.9 Å². The van der Waals surface area contributed by atoms with Crippen molar-refractivity contribution in [2.24, 2.45) is 5.73 Å². The van der Waals surface area contributed by atoms with Crippen molar-refractivity contribution in [2.45, 2.75) is 4.90 Å². The maximum Gasteiger partial charge on any atom is 0.339 e. The summed E-state index contributed by atoms with van der Waals surface area (Å²) in [6.45, 7) is 0.475. The lowest BCUT2D eigenvalue weighted by atomic mass is 10.0. The molecule has 0 radical (unpaired) electrons. The van der Waals surface area contributed by atoms with Gasteiger partial charge in [-0.1, -0.05) is 24.3 Å². The molecule has 5 heteroatoms. The van der Waals surface area contributed by atoms with Gasteiger partial charge in [-0.15, -0.1) is 11.8 Å². The minimum Gasteiger partial charge on any atom is -0.465 e. The predicted molar refractivity (Wildman–Crippen MR) is 79.8 cm³/mol. The summed E-state index contributed by atoms with van der Waals surface area (Å²) in [6, 6.07) is 11.4. The van der Waals surface area contributed by atoms with E-state index in [9.17, 15) is 10.1 Å². The van der Waals surface area contributed by atoms with Crippen LogP contribution in [0.15, 0.2) is 35.2 Å². The molecular formula is C15H14N2O2S. The van der Waals surface area contributed by atoms with Gasteiger partial charge in [0.2, 0.25) is 0 Å².